The lowest BCUT2D eigenvalue weighted by Crippen LogP contribution is -2.05. The number of hydrogen-bond donors (Lipinski definition) is 1. The Labute approximate surface area is 77.3 Å². The Bertz CT molecular complexity index is 273. The van der Waals surface area contributed by atoms with Gasteiger partial charge in [-0.1, -0.05) is 17.7 Å². The Hall–Kier alpha value is -0.730. The SMILES string of the molecule is COc1ccc([C@H](C)N)c(Cl)c1. The van der Waals surface area contributed by atoms with Gasteiger partial charge in [-0.05, 0) is 24.6 Å². The number of halogens is 1. The van der Waals surface area contributed by atoms with Crippen LogP contribution in [0.4, 0.5) is 0 Å². The van der Waals surface area contributed by atoms with Crippen LogP contribution >= 0.6 is 11.6 Å². The van der Waals surface area contributed by atoms with Crippen molar-refractivity contribution in [1.82, 2.24) is 0 Å². The molecule has 0 aliphatic heterocycles. The van der Waals surface area contributed by atoms with Gasteiger partial charge >= 0.3 is 0 Å². The Morgan fingerprint density at radius 3 is 2.58 bits per heavy atom. The predicted octanol–water partition coefficient (Wildman–Crippen LogP) is 2.37. The fourth-order valence-electron chi connectivity index (χ4n) is 1.00. The van der Waals surface area contributed by atoms with E-state index in [1.165, 1.54) is 0 Å². The summed E-state index contributed by atoms with van der Waals surface area (Å²) in [7, 11) is 1.61. The molecule has 0 aliphatic rings. The Kier molecular flexibility index (Phi) is 2.95. The minimum Gasteiger partial charge on any atom is -0.497 e. The molecule has 1 aromatic rings. The Balaban J connectivity index is 3.03. The second-order valence-electron chi connectivity index (χ2n) is 2.68. The molecule has 0 aromatic heterocycles. The molecular weight excluding hydrogens is 174 g/mol. The summed E-state index contributed by atoms with van der Waals surface area (Å²) in [5.41, 5.74) is 6.62. The van der Waals surface area contributed by atoms with Crippen LogP contribution in [-0.2, 0) is 0 Å². The van der Waals surface area contributed by atoms with Gasteiger partial charge in [0.05, 0.1) is 7.11 Å². The molecule has 0 heterocycles. The fraction of sp³-hybridized carbons (Fsp3) is 0.333. The van der Waals surface area contributed by atoms with Crippen LogP contribution in [0.15, 0.2) is 18.2 Å². The van der Waals surface area contributed by atoms with E-state index in [-0.39, 0.29) is 6.04 Å². The van der Waals surface area contributed by atoms with Gasteiger partial charge in [-0.3, -0.25) is 0 Å². The van der Waals surface area contributed by atoms with Crippen LogP contribution in [0.2, 0.25) is 5.02 Å². The van der Waals surface area contributed by atoms with Crippen molar-refractivity contribution in [3.05, 3.63) is 28.8 Å². The number of benzene rings is 1. The number of hydrogen-bond acceptors (Lipinski definition) is 2. The predicted molar refractivity (Wildman–Crippen MR) is 50.6 cm³/mol. The molecule has 66 valence electrons. The summed E-state index contributed by atoms with van der Waals surface area (Å²) in [5.74, 6) is 0.754. The lowest BCUT2D eigenvalue weighted by molar-refractivity contribution is 0.414. The molecule has 0 radical (unpaired) electrons. The van der Waals surface area contributed by atoms with Crippen molar-refractivity contribution in [1.29, 1.82) is 0 Å². The first-order valence-electron chi connectivity index (χ1n) is 3.74. The van der Waals surface area contributed by atoms with Crippen LogP contribution in [0.1, 0.15) is 18.5 Å². The molecule has 3 heteroatoms. The molecule has 0 bridgehead atoms. The van der Waals surface area contributed by atoms with Crippen molar-refractivity contribution in [3.8, 4) is 5.75 Å². The second kappa shape index (κ2) is 3.78. The van der Waals surface area contributed by atoms with Crippen LogP contribution in [0.25, 0.3) is 0 Å². The molecule has 0 aliphatic carbocycles. The molecule has 0 saturated heterocycles. The highest BCUT2D eigenvalue weighted by Crippen LogP contribution is 2.25. The minimum absolute atomic E-state index is 0.0385. The van der Waals surface area contributed by atoms with Crippen LogP contribution < -0.4 is 10.5 Å². The average Bonchev–Trinajstić information content (AvgIpc) is 2.03. The van der Waals surface area contributed by atoms with Crippen molar-refractivity contribution in [2.45, 2.75) is 13.0 Å². The van der Waals surface area contributed by atoms with Gasteiger partial charge in [0, 0.05) is 11.1 Å². The quantitative estimate of drug-likeness (QED) is 0.768. The maximum absolute atomic E-state index is 5.94. The van der Waals surface area contributed by atoms with Gasteiger partial charge < -0.3 is 10.5 Å². The molecule has 0 amide bonds. The molecule has 0 spiro atoms. The number of methoxy groups -OCH3 is 1. The van der Waals surface area contributed by atoms with E-state index in [0.717, 1.165) is 11.3 Å². The highest BCUT2D eigenvalue weighted by Gasteiger charge is 2.05. The van der Waals surface area contributed by atoms with Crippen LogP contribution in [0, 0.1) is 0 Å². The van der Waals surface area contributed by atoms with Crippen molar-refractivity contribution in [2.24, 2.45) is 5.73 Å². The van der Waals surface area contributed by atoms with E-state index in [1.54, 1.807) is 13.2 Å². The summed E-state index contributed by atoms with van der Waals surface area (Å²) in [6, 6.07) is 5.46. The first-order chi connectivity index (χ1) is 5.65. The van der Waals surface area contributed by atoms with Crippen molar-refractivity contribution < 1.29 is 4.74 Å². The zero-order valence-corrected chi connectivity index (χ0v) is 7.93. The van der Waals surface area contributed by atoms with E-state index < -0.39 is 0 Å². The molecule has 1 rings (SSSR count). The van der Waals surface area contributed by atoms with E-state index in [9.17, 15) is 0 Å². The summed E-state index contributed by atoms with van der Waals surface area (Å²) in [4.78, 5) is 0. The zero-order chi connectivity index (χ0) is 9.14. The topological polar surface area (TPSA) is 35.2 Å². The molecule has 0 fully saturated rings. The average molecular weight is 186 g/mol. The number of nitrogens with two attached hydrogens (primary N) is 1. The van der Waals surface area contributed by atoms with Crippen molar-refractivity contribution >= 4 is 11.6 Å². The summed E-state index contributed by atoms with van der Waals surface area (Å²) in [6.07, 6.45) is 0. The number of rotatable bonds is 2. The van der Waals surface area contributed by atoms with Gasteiger partial charge in [0.25, 0.3) is 0 Å². The van der Waals surface area contributed by atoms with Gasteiger partial charge in [0.15, 0.2) is 0 Å². The Morgan fingerprint density at radius 2 is 2.17 bits per heavy atom. The monoisotopic (exact) mass is 185 g/mol. The fourth-order valence-corrected chi connectivity index (χ4v) is 1.35. The maximum Gasteiger partial charge on any atom is 0.120 e. The van der Waals surface area contributed by atoms with E-state index in [2.05, 4.69) is 0 Å². The van der Waals surface area contributed by atoms with Gasteiger partial charge in [-0.2, -0.15) is 0 Å². The van der Waals surface area contributed by atoms with Crippen LogP contribution in [-0.4, -0.2) is 7.11 Å². The first kappa shape index (κ1) is 9.36. The summed E-state index contributed by atoms with van der Waals surface area (Å²) in [5, 5.41) is 0.657. The third kappa shape index (κ3) is 1.90. The third-order valence-electron chi connectivity index (χ3n) is 1.70. The summed E-state index contributed by atoms with van der Waals surface area (Å²) < 4.78 is 5.00. The van der Waals surface area contributed by atoms with Gasteiger partial charge in [-0.15, -0.1) is 0 Å². The van der Waals surface area contributed by atoms with E-state index in [4.69, 9.17) is 22.1 Å². The van der Waals surface area contributed by atoms with E-state index >= 15 is 0 Å². The van der Waals surface area contributed by atoms with Crippen molar-refractivity contribution in [2.75, 3.05) is 7.11 Å². The molecule has 12 heavy (non-hydrogen) atoms. The normalized spacial score (nSPS) is 12.7. The smallest absolute Gasteiger partial charge is 0.120 e. The van der Waals surface area contributed by atoms with Gasteiger partial charge in [0.2, 0.25) is 0 Å². The second-order valence-corrected chi connectivity index (χ2v) is 3.08. The van der Waals surface area contributed by atoms with Gasteiger partial charge in [0.1, 0.15) is 5.75 Å². The lowest BCUT2D eigenvalue weighted by atomic mass is 10.1. The van der Waals surface area contributed by atoms with Crippen molar-refractivity contribution in [3.63, 3.8) is 0 Å². The van der Waals surface area contributed by atoms with Gasteiger partial charge in [-0.25, -0.2) is 0 Å². The van der Waals surface area contributed by atoms with Crippen LogP contribution in [0.3, 0.4) is 0 Å². The first-order valence-corrected chi connectivity index (χ1v) is 4.12. The molecule has 2 N–H and O–H groups in total. The zero-order valence-electron chi connectivity index (χ0n) is 7.17. The molecule has 1 atom stereocenters. The molecule has 2 nitrogen and oxygen atoms in total. The largest absolute Gasteiger partial charge is 0.497 e. The van der Waals surface area contributed by atoms with Crippen LogP contribution in [0.5, 0.6) is 5.75 Å². The van der Waals surface area contributed by atoms with E-state index in [0.29, 0.717) is 5.02 Å². The molecule has 0 saturated carbocycles. The lowest BCUT2D eigenvalue weighted by Gasteiger charge is -2.08. The highest BCUT2D eigenvalue weighted by molar-refractivity contribution is 6.31. The molecular formula is C9H12ClNO. The molecule has 0 unspecified atom stereocenters. The summed E-state index contributed by atoms with van der Waals surface area (Å²) in [6.45, 7) is 1.90. The maximum atomic E-state index is 5.94. The highest BCUT2D eigenvalue weighted by atomic mass is 35.5. The third-order valence-corrected chi connectivity index (χ3v) is 2.03. The standard InChI is InChI=1S/C9H12ClNO/c1-6(11)8-4-3-7(12-2)5-9(8)10/h3-6H,11H2,1-2H3/t6-/m0/s1. The Morgan fingerprint density at radius 1 is 1.50 bits per heavy atom. The minimum atomic E-state index is -0.0385. The number of ether oxygens (including phenoxy) is 1. The summed E-state index contributed by atoms with van der Waals surface area (Å²) >= 11 is 5.94. The molecule has 1 aromatic carbocycles. The van der Waals surface area contributed by atoms with E-state index in [1.807, 2.05) is 19.1 Å².